The molecule has 4 heterocycles. The van der Waals surface area contributed by atoms with Gasteiger partial charge in [0, 0.05) is 45.7 Å². The SMILES string of the molecule is Cc1nc(C)c(C(=O)N2CCC(CN3CC(C(=O)N4CCOCC4)CC3=O)CC2)s1. The number of thiazole rings is 1. The van der Waals surface area contributed by atoms with E-state index >= 15 is 0 Å². The number of nitrogens with zero attached hydrogens (tertiary/aromatic N) is 4. The molecule has 9 heteroatoms. The van der Waals surface area contributed by atoms with Gasteiger partial charge in [-0.15, -0.1) is 11.3 Å². The zero-order valence-corrected chi connectivity index (χ0v) is 18.6. The number of carbonyl (C=O) groups is 3. The molecule has 0 bridgehead atoms. The monoisotopic (exact) mass is 434 g/mol. The number of piperidine rings is 1. The van der Waals surface area contributed by atoms with Gasteiger partial charge < -0.3 is 19.4 Å². The second-order valence-corrected chi connectivity index (χ2v) is 9.72. The Morgan fingerprint density at radius 2 is 1.80 bits per heavy atom. The van der Waals surface area contributed by atoms with Crippen molar-refractivity contribution in [2.45, 2.75) is 33.1 Å². The minimum absolute atomic E-state index is 0.0740. The van der Waals surface area contributed by atoms with Crippen LogP contribution in [0.5, 0.6) is 0 Å². The summed E-state index contributed by atoms with van der Waals surface area (Å²) in [4.78, 5) is 48.7. The Kier molecular flexibility index (Phi) is 6.38. The van der Waals surface area contributed by atoms with Gasteiger partial charge in [-0.05, 0) is 32.6 Å². The molecule has 3 aliphatic rings. The van der Waals surface area contributed by atoms with E-state index in [4.69, 9.17) is 4.74 Å². The second kappa shape index (κ2) is 9.01. The third kappa shape index (κ3) is 4.51. The lowest BCUT2D eigenvalue weighted by Gasteiger charge is -2.34. The summed E-state index contributed by atoms with van der Waals surface area (Å²) in [6, 6.07) is 0. The van der Waals surface area contributed by atoms with Crippen LogP contribution in [-0.2, 0) is 14.3 Å². The first-order valence-corrected chi connectivity index (χ1v) is 11.6. The molecule has 0 N–H and O–H groups in total. The van der Waals surface area contributed by atoms with Gasteiger partial charge in [0.2, 0.25) is 11.8 Å². The summed E-state index contributed by atoms with van der Waals surface area (Å²) in [5.41, 5.74) is 0.809. The molecule has 1 unspecified atom stereocenters. The molecule has 1 atom stereocenters. The fourth-order valence-electron chi connectivity index (χ4n) is 4.66. The number of hydrogen-bond acceptors (Lipinski definition) is 6. The number of morpholine rings is 1. The summed E-state index contributed by atoms with van der Waals surface area (Å²) in [6.07, 6.45) is 2.08. The molecule has 30 heavy (non-hydrogen) atoms. The average Bonchev–Trinajstić information content (AvgIpc) is 3.29. The van der Waals surface area contributed by atoms with Gasteiger partial charge in [-0.25, -0.2) is 4.98 Å². The van der Waals surface area contributed by atoms with Gasteiger partial charge >= 0.3 is 0 Å². The van der Waals surface area contributed by atoms with Gasteiger partial charge in [-0.3, -0.25) is 14.4 Å². The fourth-order valence-corrected chi connectivity index (χ4v) is 5.55. The van der Waals surface area contributed by atoms with E-state index in [-0.39, 0.29) is 23.6 Å². The van der Waals surface area contributed by atoms with E-state index in [9.17, 15) is 14.4 Å². The lowest BCUT2D eigenvalue weighted by molar-refractivity contribution is -0.139. The first-order valence-electron chi connectivity index (χ1n) is 10.8. The van der Waals surface area contributed by atoms with Gasteiger partial charge in [-0.2, -0.15) is 0 Å². The Bertz CT molecular complexity index is 812. The number of rotatable bonds is 4. The van der Waals surface area contributed by atoms with E-state index in [1.807, 2.05) is 28.5 Å². The average molecular weight is 435 g/mol. The molecule has 0 saturated carbocycles. The van der Waals surface area contributed by atoms with E-state index in [1.54, 1.807) is 0 Å². The molecule has 3 fully saturated rings. The fraction of sp³-hybridized carbons (Fsp3) is 0.714. The van der Waals surface area contributed by atoms with E-state index in [1.165, 1.54) is 11.3 Å². The molecule has 3 saturated heterocycles. The van der Waals surface area contributed by atoms with E-state index in [2.05, 4.69) is 4.98 Å². The van der Waals surface area contributed by atoms with E-state index in [0.29, 0.717) is 64.8 Å². The van der Waals surface area contributed by atoms with Crippen LogP contribution in [0.25, 0.3) is 0 Å². The predicted octanol–water partition coefficient (Wildman–Crippen LogP) is 1.32. The van der Waals surface area contributed by atoms with Crippen LogP contribution in [-0.4, -0.2) is 89.9 Å². The molecule has 1 aromatic rings. The van der Waals surface area contributed by atoms with Crippen LogP contribution >= 0.6 is 11.3 Å². The summed E-state index contributed by atoms with van der Waals surface area (Å²) >= 11 is 1.46. The highest BCUT2D eigenvalue weighted by Gasteiger charge is 2.38. The first kappa shape index (κ1) is 21.2. The van der Waals surface area contributed by atoms with Crippen molar-refractivity contribution in [1.82, 2.24) is 19.7 Å². The Balaban J connectivity index is 1.26. The molecule has 0 aromatic carbocycles. The van der Waals surface area contributed by atoms with E-state index < -0.39 is 0 Å². The zero-order valence-electron chi connectivity index (χ0n) is 17.8. The van der Waals surface area contributed by atoms with Crippen molar-refractivity contribution in [2.24, 2.45) is 11.8 Å². The number of aromatic nitrogens is 1. The highest BCUT2D eigenvalue weighted by Crippen LogP contribution is 2.27. The molecule has 3 aliphatic heterocycles. The van der Waals surface area contributed by atoms with Gasteiger partial charge in [-0.1, -0.05) is 0 Å². The maximum atomic E-state index is 12.8. The quantitative estimate of drug-likeness (QED) is 0.714. The number of hydrogen-bond donors (Lipinski definition) is 0. The molecule has 1 aromatic heterocycles. The summed E-state index contributed by atoms with van der Waals surface area (Å²) in [7, 11) is 0. The van der Waals surface area contributed by atoms with Crippen LogP contribution < -0.4 is 0 Å². The minimum atomic E-state index is -0.227. The summed E-state index contributed by atoms with van der Waals surface area (Å²) in [5, 5.41) is 0.916. The Morgan fingerprint density at radius 3 is 2.43 bits per heavy atom. The van der Waals surface area contributed by atoms with Crippen molar-refractivity contribution in [3.8, 4) is 0 Å². The van der Waals surface area contributed by atoms with Crippen LogP contribution in [0.3, 0.4) is 0 Å². The van der Waals surface area contributed by atoms with Crippen molar-refractivity contribution in [2.75, 3.05) is 52.5 Å². The van der Waals surface area contributed by atoms with Crippen LogP contribution in [0, 0.1) is 25.7 Å². The van der Waals surface area contributed by atoms with E-state index in [0.717, 1.165) is 28.4 Å². The third-order valence-electron chi connectivity index (χ3n) is 6.36. The smallest absolute Gasteiger partial charge is 0.265 e. The lowest BCUT2D eigenvalue weighted by atomic mass is 9.96. The van der Waals surface area contributed by atoms with Crippen molar-refractivity contribution in [3.05, 3.63) is 15.6 Å². The van der Waals surface area contributed by atoms with Crippen LogP contribution in [0.4, 0.5) is 0 Å². The third-order valence-corrected chi connectivity index (χ3v) is 7.43. The topological polar surface area (TPSA) is 83.1 Å². The highest BCUT2D eigenvalue weighted by atomic mass is 32.1. The maximum absolute atomic E-state index is 12.8. The summed E-state index contributed by atoms with van der Waals surface area (Å²) < 4.78 is 5.31. The van der Waals surface area contributed by atoms with Gasteiger partial charge in [0.05, 0.1) is 29.8 Å². The molecular formula is C21H30N4O4S. The molecule has 3 amide bonds. The van der Waals surface area contributed by atoms with Gasteiger partial charge in [0.25, 0.3) is 5.91 Å². The number of ether oxygens (including phenoxy) is 1. The van der Waals surface area contributed by atoms with Crippen LogP contribution in [0.2, 0.25) is 0 Å². The number of likely N-dealkylation sites (tertiary alicyclic amines) is 2. The molecule has 4 rings (SSSR count). The van der Waals surface area contributed by atoms with Gasteiger partial charge in [0.15, 0.2) is 0 Å². The summed E-state index contributed by atoms with van der Waals surface area (Å²) in [6.45, 7) is 8.82. The molecule has 0 aliphatic carbocycles. The van der Waals surface area contributed by atoms with Crippen LogP contribution in [0.1, 0.15) is 39.6 Å². The standard InChI is InChI=1S/C21H30N4O4S/c1-14-19(30-15(2)22-14)21(28)23-5-3-16(4-6-23)12-25-13-17(11-18(25)26)20(27)24-7-9-29-10-8-24/h16-17H,3-13H2,1-2H3. The zero-order chi connectivity index (χ0) is 21.3. The summed E-state index contributed by atoms with van der Waals surface area (Å²) in [5.74, 6) is 0.389. The maximum Gasteiger partial charge on any atom is 0.265 e. The Labute approximate surface area is 181 Å². The Morgan fingerprint density at radius 1 is 1.10 bits per heavy atom. The number of carbonyl (C=O) groups excluding carboxylic acids is 3. The second-order valence-electron chi connectivity index (χ2n) is 8.52. The van der Waals surface area contributed by atoms with Crippen molar-refractivity contribution < 1.29 is 19.1 Å². The molecule has 8 nitrogen and oxygen atoms in total. The largest absolute Gasteiger partial charge is 0.378 e. The van der Waals surface area contributed by atoms with Gasteiger partial charge in [0.1, 0.15) is 4.88 Å². The minimum Gasteiger partial charge on any atom is -0.378 e. The number of amides is 3. The van der Waals surface area contributed by atoms with Crippen LogP contribution in [0.15, 0.2) is 0 Å². The lowest BCUT2D eigenvalue weighted by Crippen LogP contribution is -2.44. The van der Waals surface area contributed by atoms with Crippen molar-refractivity contribution >= 4 is 29.1 Å². The predicted molar refractivity (Wildman–Crippen MR) is 112 cm³/mol. The van der Waals surface area contributed by atoms with Crippen molar-refractivity contribution in [3.63, 3.8) is 0 Å². The molecular weight excluding hydrogens is 404 g/mol. The Hall–Kier alpha value is -2.00. The first-order chi connectivity index (χ1) is 14.4. The molecule has 0 radical (unpaired) electrons. The molecule has 164 valence electrons. The number of aryl methyl sites for hydroxylation is 2. The normalized spacial score (nSPS) is 23.3. The van der Waals surface area contributed by atoms with Crippen molar-refractivity contribution in [1.29, 1.82) is 0 Å². The highest BCUT2D eigenvalue weighted by molar-refractivity contribution is 7.13. The molecule has 0 spiro atoms.